The lowest BCUT2D eigenvalue weighted by atomic mass is 9.98. The van der Waals surface area contributed by atoms with Gasteiger partial charge in [-0.15, -0.1) is 0 Å². The molecule has 1 aromatic heterocycles. The highest BCUT2D eigenvalue weighted by atomic mass is 35.5. The maximum atomic E-state index is 12.6. The first-order valence-corrected chi connectivity index (χ1v) is 11.0. The number of rotatable bonds is 5. The van der Waals surface area contributed by atoms with Gasteiger partial charge in [-0.1, -0.05) is 28.9 Å². The van der Waals surface area contributed by atoms with Crippen molar-refractivity contribution in [3.05, 3.63) is 65.0 Å². The van der Waals surface area contributed by atoms with Crippen LogP contribution >= 0.6 is 11.6 Å². The van der Waals surface area contributed by atoms with Crippen LogP contribution in [0, 0.1) is 0 Å². The van der Waals surface area contributed by atoms with Gasteiger partial charge in [0.25, 0.3) is 5.91 Å². The van der Waals surface area contributed by atoms with Gasteiger partial charge in [-0.25, -0.2) is 12.7 Å². The van der Waals surface area contributed by atoms with Gasteiger partial charge in [0, 0.05) is 43.3 Å². The molecule has 2 heterocycles. The van der Waals surface area contributed by atoms with Gasteiger partial charge in [-0.2, -0.15) is 4.98 Å². The molecule has 0 bridgehead atoms. The van der Waals surface area contributed by atoms with Gasteiger partial charge in [0.1, 0.15) is 0 Å². The minimum atomic E-state index is -3.53. The number of hydrogen-bond donors (Lipinski definition) is 0. The Morgan fingerprint density at radius 2 is 1.87 bits per heavy atom. The highest BCUT2D eigenvalue weighted by molar-refractivity contribution is 7.89. The number of amides is 1. The SMILES string of the molecule is CN(C)S(=O)(=O)c1ccc(C(=O)N2CC(c3nc(-c4cccc(Cl)c4)no3)C2)cc1. The first-order valence-electron chi connectivity index (χ1n) is 9.17. The van der Waals surface area contributed by atoms with E-state index in [1.807, 2.05) is 12.1 Å². The molecule has 10 heteroatoms. The largest absolute Gasteiger partial charge is 0.339 e. The Balaban J connectivity index is 1.40. The van der Waals surface area contributed by atoms with Crippen LogP contribution in [0.5, 0.6) is 0 Å². The van der Waals surface area contributed by atoms with Gasteiger partial charge < -0.3 is 9.42 Å². The van der Waals surface area contributed by atoms with Crippen molar-refractivity contribution in [1.29, 1.82) is 0 Å². The normalized spacial score (nSPS) is 14.7. The number of sulfonamides is 1. The molecule has 0 radical (unpaired) electrons. The van der Waals surface area contributed by atoms with Crippen molar-refractivity contribution < 1.29 is 17.7 Å². The van der Waals surface area contributed by atoms with Crippen molar-refractivity contribution in [3.63, 3.8) is 0 Å². The van der Waals surface area contributed by atoms with Crippen LogP contribution in [0.4, 0.5) is 0 Å². The van der Waals surface area contributed by atoms with Crippen molar-refractivity contribution in [2.45, 2.75) is 10.8 Å². The van der Waals surface area contributed by atoms with Gasteiger partial charge in [-0.05, 0) is 36.4 Å². The number of benzene rings is 2. The minimum Gasteiger partial charge on any atom is -0.339 e. The monoisotopic (exact) mass is 446 g/mol. The molecule has 1 amide bonds. The third kappa shape index (κ3) is 3.83. The summed E-state index contributed by atoms with van der Waals surface area (Å²) in [5.41, 5.74) is 1.19. The molecule has 0 N–H and O–H groups in total. The van der Waals surface area contributed by atoms with E-state index in [-0.39, 0.29) is 16.7 Å². The molecular weight excluding hydrogens is 428 g/mol. The predicted molar refractivity (Wildman–Crippen MR) is 111 cm³/mol. The molecule has 4 rings (SSSR count). The second-order valence-corrected chi connectivity index (χ2v) is 9.77. The number of carbonyl (C=O) groups is 1. The Hall–Kier alpha value is -2.75. The Morgan fingerprint density at radius 1 is 1.17 bits per heavy atom. The molecule has 0 spiro atoms. The summed E-state index contributed by atoms with van der Waals surface area (Å²) in [6, 6.07) is 13.1. The van der Waals surface area contributed by atoms with E-state index in [0.717, 1.165) is 9.87 Å². The van der Waals surface area contributed by atoms with E-state index >= 15 is 0 Å². The molecule has 1 fully saturated rings. The number of likely N-dealkylation sites (tertiary alicyclic amines) is 1. The average molecular weight is 447 g/mol. The smallest absolute Gasteiger partial charge is 0.253 e. The van der Waals surface area contributed by atoms with E-state index < -0.39 is 10.0 Å². The van der Waals surface area contributed by atoms with Crippen LogP contribution < -0.4 is 0 Å². The van der Waals surface area contributed by atoms with Crippen LogP contribution in [0.3, 0.4) is 0 Å². The molecule has 0 aliphatic carbocycles. The zero-order chi connectivity index (χ0) is 21.5. The van der Waals surface area contributed by atoms with Crippen molar-refractivity contribution >= 4 is 27.5 Å². The van der Waals surface area contributed by atoms with Gasteiger partial charge >= 0.3 is 0 Å². The standard InChI is InChI=1S/C20H19ClN4O4S/c1-24(2)30(27,28)17-8-6-13(7-9-17)20(26)25-11-15(12-25)19-22-18(23-29-19)14-4-3-5-16(21)10-14/h3-10,15H,11-12H2,1-2H3. The van der Waals surface area contributed by atoms with Crippen molar-refractivity contribution in [1.82, 2.24) is 19.3 Å². The summed E-state index contributed by atoms with van der Waals surface area (Å²) >= 11 is 6.00. The maximum Gasteiger partial charge on any atom is 0.253 e. The van der Waals surface area contributed by atoms with E-state index in [9.17, 15) is 13.2 Å². The zero-order valence-corrected chi connectivity index (χ0v) is 17.9. The molecule has 156 valence electrons. The van der Waals surface area contributed by atoms with Crippen LogP contribution in [0.1, 0.15) is 22.2 Å². The van der Waals surface area contributed by atoms with Crippen LogP contribution in [-0.4, -0.2) is 60.9 Å². The molecule has 3 aromatic rings. The van der Waals surface area contributed by atoms with Gasteiger partial charge in [0.05, 0.1) is 10.8 Å². The summed E-state index contributed by atoms with van der Waals surface area (Å²) in [4.78, 5) is 18.9. The lowest BCUT2D eigenvalue weighted by molar-refractivity contribution is 0.0569. The summed E-state index contributed by atoms with van der Waals surface area (Å²) < 4.78 is 30.8. The molecule has 0 atom stereocenters. The first-order chi connectivity index (χ1) is 14.3. The Morgan fingerprint density at radius 3 is 2.50 bits per heavy atom. The van der Waals surface area contributed by atoms with Crippen LogP contribution in [0.15, 0.2) is 57.9 Å². The fourth-order valence-electron chi connectivity index (χ4n) is 3.11. The summed E-state index contributed by atoms with van der Waals surface area (Å²) in [6.45, 7) is 0.904. The second-order valence-electron chi connectivity index (χ2n) is 7.19. The molecule has 1 aliphatic heterocycles. The van der Waals surface area contributed by atoms with Gasteiger partial charge in [-0.3, -0.25) is 4.79 Å². The zero-order valence-electron chi connectivity index (χ0n) is 16.3. The topological polar surface area (TPSA) is 96.6 Å². The Bertz CT molecular complexity index is 1190. The summed E-state index contributed by atoms with van der Waals surface area (Å²) in [5.74, 6) is 0.717. The fraction of sp³-hybridized carbons (Fsp3) is 0.250. The predicted octanol–water partition coefficient (Wildman–Crippen LogP) is 2.88. The van der Waals surface area contributed by atoms with E-state index in [0.29, 0.717) is 35.4 Å². The van der Waals surface area contributed by atoms with Crippen LogP contribution in [0.25, 0.3) is 11.4 Å². The number of nitrogens with zero attached hydrogens (tertiary/aromatic N) is 4. The van der Waals surface area contributed by atoms with Crippen LogP contribution in [0.2, 0.25) is 5.02 Å². The number of hydrogen-bond acceptors (Lipinski definition) is 6. The summed E-state index contributed by atoms with van der Waals surface area (Å²) in [6.07, 6.45) is 0. The molecule has 30 heavy (non-hydrogen) atoms. The maximum absolute atomic E-state index is 12.6. The fourth-order valence-corrected chi connectivity index (χ4v) is 4.20. The van der Waals surface area contributed by atoms with Gasteiger partial charge in [0.2, 0.25) is 21.7 Å². The number of carbonyl (C=O) groups excluding carboxylic acids is 1. The number of aromatic nitrogens is 2. The molecule has 1 saturated heterocycles. The first kappa shape index (κ1) is 20.5. The Labute approximate surface area is 179 Å². The molecule has 8 nitrogen and oxygen atoms in total. The third-order valence-corrected chi connectivity index (χ3v) is 6.99. The van der Waals surface area contributed by atoms with E-state index in [2.05, 4.69) is 10.1 Å². The highest BCUT2D eigenvalue weighted by Crippen LogP contribution is 2.29. The van der Waals surface area contributed by atoms with Crippen LogP contribution in [-0.2, 0) is 10.0 Å². The van der Waals surface area contributed by atoms with E-state index in [4.69, 9.17) is 16.1 Å². The third-order valence-electron chi connectivity index (χ3n) is 4.92. The summed E-state index contributed by atoms with van der Waals surface area (Å²) in [5, 5.41) is 4.58. The minimum absolute atomic E-state index is 0.0391. The lowest BCUT2D eigenvalue weighted by Crippen LogP contribution is -2.48. The van der Waals surface area contributed by atoms with Gasteiger partial charge in [0.15, 0.2) is 0 Å². The average Bonchev–Trinajstić information content (AvgIpc) is 3.16. The van der Waals surface area contributed by atoms with E-state index in [1.165, 1.54) is 38.4 Å². The van der Waals surface area contributed by atoms with Crippen molar-refractivity contribution in [2.75, 3.05) is 27.2 Å². The molecule has 2 aromatic carbocycles. The molecule has 0 saturated carbocycles. The van der Waals surface area contributed by atoms with Crippen molar-refractivity contribution in [2.24, 2.45) is 0 Å². The Kier molecular flexibility index (Phi) is 5.35. The summed E-state index contributed by atoms with van der Waals surface area (Å²) in [7, 11) is -0.602. The number of halogens is 1. The highest BCUT2D eigenvalue weighted by Gasteiger charge is 2.36. The second kappa shape index (κ2) is 7.82. The molecular formula is C20H19ClN4O4S. The van der Waals surface area contributed by atoms with E-state index in [1.54, 1.807) is 17.0 Å². The molecule has 0 unspecified atom stereocenters. The van der Waals surface area contributed by atoms with Crippen molar-refractivity contribution in [3.8, 4) is 11.4 Å². The molecule has 1 aliphatic rings. The lowest BCUT2D eigenvalue weighted by Gasteiger charge is -2.37. The quantitative estimate of drug-likeness (QED) is 0.597.